The topological polar surface area (TPSA) is 80.5 Å². The van der Waals surface area contributed by atoms with Crippen LogP contribution < -0.4 is 16.0 Å². The highest BCUT2D eigenvalue weighted by Crippen LogP contribution is 2.32. The van der Waals surface area contributed by atoms with E-state index in [1.54, 1.807) is 0 Å². The maximum Gasteiger partial charge on any atom is 0.230 e. The number of nitrogens with two attached hydrogens (primary N) is 1. The number of ether oxygens (including phenoxy) is 1. The highest BCUT2D eigenvalue weighted by atomic mass is 35.5. The van der Waals surface area contributed by atoms with E-state index in [1.807, 2.05) is 25.3 Å². The van der Waals surface area contributed by atoms with Gasteiger partial charge in [0, 0.05) is 18.6 Å². The molecule has 1 aliphatic heterocycles. The third-order valence-electron chi connectivity index (χ3n) is 4.95. The van der Waals surface area contributed by atoms with Gasteiger partial charge in [0.15, 0.2) is 0 Å². The lowest BCUT2D eigenvalue weighted by Crippen LogP contribution is -2.51. The second-order valence-electron chi connectivity index (χ2n) is 6.79. The molecular weight excluding hydrogens is 363 g/mol. The average molecular weight is 391 g/mol. The molecule has 2 atom stereocenters. The van der Waals surface area contributed by atoms with E-state index < -0.39 is 5.54 Å². The summed E-state index contributed by atoms with van der Waals surface area (Å²) < 4.78 is 5.35. The van der Waals surface area contributed by atoms with Gasteiger partial charge in [-0.3, -0.25) is 4.79 Å². The summed E-state index contributed by atoms with van der Waals surface area (Å²) >= 11 is 0. The van der Waals surface area contributed by atoms with Gasteiger partial charge in [-0.25, -0.2) is 4.98 Å². The molecule has 0 radical (unpaired) electrons. The number of aromatic nitrogens is 1. The van der Waals surface area contributed by atoms with Crippen molar-refractivity contribution >= 4 is 42.2 Å². The number of pyridine rings is 1. The zero-order valence-corrected chi connectivity index (χ0v) is 16.2. The van der Waals surface area contributed by atoms with Gasteiger partial charge < -0.3 is 20.7 Å². The van der Waals surface area contributed by atoms with Crippen molar-refractivity contribution in [2.24, 2.45) is 11.7 Å². The first-order chi connectivity index (χ1) is 11.1. The molecule has 1 aliphatic carbocycles. The third-order valence-corrected chi connectivity index (χ3v) is 4.95. The van der Waals surface area contributed by atoms with Crippen LogP contribution in [0.15, 0.2) is 18.3 Å². The Morgan fingerprint density at radius 1 is 1.32 bits per heavy atom. The highest BCUT2D eigenvalue weighted by Gasteiger charge is 2.37. The standard InChI is InChI=1S/C17H26N4O2.2ClH/c1-17(18)7-3-2-4-14(17)16(22)20-15-6-5-13(12-19-15)21-8-10-23-11-9-21;;/h5-6,12,14H,2-4,7-11,18H2,1H3,(H,19,20,22);2*1H. The molecule has 3 N–H and O–H groups in total. The number of nitrogens with one attached hydrogen (secondary N) is 1. The predicted octanol–water partition coefficient (Wildman–Crippen LogP) is 2.61. The molecule has 2 heterocycles. The Labute approximate surface area is 161 Å². The van der Waals surface area contributed by atoms with Crippen molar-refractivity contribution in [3.8, 4) is 0 Å². The second kappa shape index (κ2) is 9.57. The maximum atomic E-state index is 12.5. The van der Waals surface area contributed by atoms with E-state index in [0.29, 0.717) is 5.82 Å². The summed E-state index contributed by atoms with van der Waals surface area (Å²) in [7, 11) is 0. The van der Waals surface area contributed by atoms with E-state index in [4.69, 9.17) is 10.5 Å². The van der Waals surface area contributed by atoms with Crippen LogP contribution in [0.2, 0.25) is 0 Å². The Morgan fingerprint density at radius 3 is 2.64 bits per heavy atom. The Morgan fingerprint density at radius 2 is 2.04 bits per heavy atom. The Bertz CT molecular complexity index is 548. The van der Waals surface area contributed by atoms with E-state index in [9.17, 15) is 4.79 Å². The minimum absolute atomic E-state index is 0. The number of hydrogen-bond acceptors (Lipinski definition) is 5. The van der Waals surface area contributed by atoms with Crippen molar-refractivity contribution < 1.29 is 9.53 Å². The van der Waals surface area contributed by atoms with Crippen LogP contribution in [-0.2, 0) is 9.53 Å². The molecule has 0 spiro atoms. The van der Waals surface area contributed by atoms with Gasteiger partial charge in [0.25, 0.3) is 0 Å². The Kier molecular flexibility index (Phi) is 8.41. The molecule has 1 aromatic rings. The summed E-state index contributed by atoms with van der Waals surface area (Å²) in [6.07, 6.45) is 5.72. The maximum absolute atomic E-state index is 12.5. The Balaban J connectivity index is 0.00000156. The minimum Gasteiger partial charge on any atom is -0.378 e. The summed E-state index contributed by atoms with van der Waals surface area (Å²) in [6.45, 7) is 5.22. The number of halogens is 2. The van der Waals surface area contributed by atoms with Crippen LogP contribution >= 0.6 is 24.8 Å². The quantitative estimate of drug-likeness (QED) is 0.828. The van der Waals surface area contributed by atoms with E-state index in [1.165, 1.54) is 0 Å². The molecule has 142 valence electrons. The predicted molar refractivity (Wildman–Crippen MR) is 105 cm³/mol. The van der Waals surface area contributed by atoms with Crippen LogP contribution in [0.5, 0.6) is 0 Å². The molecule has 0 bridgehead atoms. The van der Waals surface area contributed by atoms with Crippen LogP contribution in [0, 0.1) is 5.92 Å². The SMILES string of the molecule is CC1(N)CCCCC1C(=O)Nc1ccc(N2CCOCC2)cn1.Cl.Cl. The molecule has 2 aliphatic rings. The number of nitrogens with zero attached hydrogens (tertiary/aromatic N) is 2. The number of rotatable bonds is 3. The van der Waals surface area contributed by atoms with E-state index in [-0.39, 0.29) is 36.6 Å². The molecule has 2 unspecified atom stereocenters. The van der Waals surface area contributed by atoms with Crippen molar-refractivity contribution in [1.29, 1.82) is 0 Å². The number of morpholine rings is 1. The van der Waals surface area contributed by atoms with Crippen LogP contribution in [-0.4, -0.2) is 42.7 Å². The first-order valence-corrected chi connectivity index (χ1v) is 8.45. The van der Waals surface area contributed by atoms with Crippen LogP contribution in [0.3, 0.4) is 0 Å². The smallest absolute Gasteiger partial charge is 0.230 e. The molecular formula is C17H28Cl2N4O2. The number of anilines is 2. The average Bonchev–Trinajstić information content (AvgIpc) is 2.56. The fraction of sp³-hybridized carbons (Fsp3) is 0.647. The fourth-order valence-corrected chi connectivity index (χ4v) is 3.47. The zero-order chi connectivity index (χ0) is 16.3. The monoisotopic (exact) mass is 390 g/mol. The molecule has 2 fully saturated rings. The van der Waals surface area contributed by atoms with E-state index in [0.717, 1.165) is 57.7 Å². The van der Waals surface area contributed by atoms with Gasteiger partial charge in [0.2, 0.25) is 5.91 Å². The van der Waals surface area contributed by atoms with Gasteiger partial charge in [0.05, 0.1) is 31.0 Å². The molecule has 1 saturated heterocycles. The molecule has 1 aromatic heterocycles. The first kappa shape index (κ1) is 22.0. The number of hydrogen-bond donors (Lipinski definition) is 2. The van der Waals surface area contributed by atoms with Gasteiger partial charge in [-0.1, -0.05) is 12.8 Å². The molecule has 25 heavy (non-hydrogen) atoms. The summed E-state index contributed by atoms with van der Waals surface area (Å²) in [5.74, 6) is 0.437. The zero-order valence-electron chi connectivity index (χ0n) is 14.6. The van der Waals surface area contributed by atoms with E-state index >= 15 is 0 Å². The summed E-state index contributed by atoms with van der Waals surface area (Å²) in [5, 5.41) is 2.92. The minimum atomic E-state index is -0.421. The lowest BCUT2D eigenvalue weighted by Gasteiger charge is -2.37. The van der Waals surface area contributed by atoms with Crippen molar-refractivity contribution in [3.63, 3.8) is 0 Å². The summed E-state index contributed by atoms with van der Waals surface area (Å²) in [5.41, 5.74) is 6.94. The van der Waals surface area contributed by atoms with Gasteiger partial charge in [-0.2, -0.15) is 0 Å². The molecule has 8 heteroatoms. The largest absolute Gasteiger partial charge is 0.378 e. The lowest BCUT2D eigenvalue weighted by molar-refractivity contribution is -0.122. The number of carbonyl (C=O) groups is 1. The number of amides is 1. The number of carbonyl (C=O) groups excluding carboxylic acids is 1. The van der Waals surface area contributed by atoms with Crippen LogP contribution in [0.1, 0.15) is 32.6 Å². The van der Waals surface area contributed by atoms with Gasteiger partial charge >= 0.3 is 0 Å². The first-order valence-electron chi connectivity index (χ1n) is 8.45. The fourth-order valence-electron chi connectivity index (χ4n) is 3.47. The molecule has 1 saturated carbocycles. The van der Waals surface area contributed by atoms with Crippen molar-refractivity contribution in [3.05, 3.63) is 18.3 Å². The molecule has 1 amide bonds. The van der Waals surface area contributed by atoms with Crippen molar-refractivity contribution in [2.75, 3.05) is 36.5 Å². The Hall–Kier alpha value is -1.08. The molecule has 0 aromatic carbocycles. The summed E-state index contributed by atoms with van der Waals surface area (Å²) in [6, 6.07) is 3.86. The highest BCUT2D eigenvalue weighted by molar-refractivity contribution is 5.92. The second-order valence-corrected chi connectivity index (χ2v) is 6.79. The van der Waals surface area contributed by atoms with Gasteiger partial charge in [-0.05, 0) is 31.9 Å². The van der Waals surface area contributed by atoms with Crippen molar-refractivity contribution in [1.82, 2.24) is 4.98 Å². The normalized spacial score (nSPS) is 26.2. The molecule has 3 rings (SSSR count). The van der Waals surface area contributed by atoms with Crippen LogP contribution in [0.25, 0.3) is 0 Å². The lowest BCUT2D eigenvalue weighted by atomic mass is 9.74. The molecule has 6 nitrogen and oxygen atoms in total. The van der Waals surface area contributed by atoms with Crippen LogP contribution in [0.4, 0.5) is 11.5 Å². The van der Waals surface area contributed by atoms with Crippen molar-refractivity contribution in [2.45, 2.75) is 38.1 Å². The van der Waals surface area contributed by atoms with Gasteiger partial charge in [0.1, 0.15) is 5.82 Å². The summed E-state index contributed by atoms with van der Waals surface area (Å²) in [4.78, 5) is 19.1. The van der Waals surface area contributed by atoms with Gasteiger partial charge in [-0.15, -0.1) is 24.8 Å². The van der Waals surface area contributed by atoms with E-state index in [2.05, 4.69) is 15.2 Å². The third kappa shape index (κ3) is 5.45.